The Bertz CT molecular complexity index is 523. The highest BCUT2D eigenvalue weighted by Crippen LogP contribution is 2.12. The maximum atomic E-state index is 12.1. The van der Waals surface area contributed by atoms with Crippen molar-refractivity contribution in [3.8, 4) is 0 Å². The van der Waals surface area contributed by atoms with E-state index >= 15 is 0 Å². The van der Waals surface area contributed by atoms with Crippen LogP contribution in [0.4, 0.5) is 0 Å². The van der Waals surface area contributed by atoms with Gasteiger partial charge in [-0.2, -0.15) is 0 Å². The molecule has 17 heavy (non-hydrogen) atoms. The van der Waals surface area contributed by atoms with Crippen LogP contribution >= 0.6 is 0 Å². The van der Waals surface area contributed by atoms with Crippen LogP contribution in [0.15, 0.2) is 48.5 Å². The zero-order valence-electron chi connectivity index (χ0n) is 10.2. The van der Waals surface area contributed by atoms with Gasteiger partial charge in [-0.3, -0.25) is 4.79 Å². The molecule has 0 aliphatic heterocycles. The summed E-state index contributed by atoms with van der Waals surface area (Å²) in [6, 6.07) is 15.8. The van der Waals surface area contributed by atoms with E-state index in [1.54, 1.807) is 0 Å². The average Bonchev–Trinajstić information content (AvgIpc) is 2.33. The van der Waals surface area contributed by atoms with E-state index in [-0.39, 0.29) is 5.78 Å². The smallest absolute Gasteiger partial charge is 0.167 e. The Hall–Kier alpha value is -1.89. The van der Waals surface area contributed by atoms with E-state index in [2.05, 4.69) is 0 Å². The number of ketones is 1. The summed E-state index contributed by atoms with van der Waals surface area (Å²) >= 11 is 0. The molecule has 0 aliphatic rings. The Morgan fingerprint density at radius 2 is 1.59 bits per heavy atom. The van der Waals surface area contributed by atoms with Crippen LogP contribution in [0.3, 0.4) is 0 Å². The predicted molar refractivity (Wildman–Crippen MR) is 70.4 cm³/mol. The molecule has 2 rings (SSSR count). The van der Waals surface area contributed by atoms with Gasteiger partial charge in [0.05, 0.1) is 0 Å². The number of carbonyl (C=O) groups excluding carboxylic acids is 1. The van der Waals surface area contributed by atoms with Crippen LogP contribution in [0.1, 0.15) is 27.0 Å². The minimum atomic E-state index is 0.180. The standard InChI is InChI=1S/C16H16O/c1-12-7-9-14(10-8-12)16(17)11-15-6-4-3-5-13(15)2/h3-10H,11H2,1-2H3. The maximum Gasteiger partial charge on any atom is 0.167 e. The summed E-state index contributed by atoms with van der Waals surface area (Å²) < 4.78 is 0. The molecule has 0 amide bonds. The lowest BCUT2D eigenvalue weighted by molar-refractivity contribution is 0.0993. The van der Waals surface area contributed by atoms with Gasteiger partial charge in [0, 0.05) is 12.0 Å². The SMILES string of the molecule is Cc1ccc(C(=O)Cc2ccccc2C)cc1. The van der Waals surface area contributed by atoms with Gasteiger partial charge in [0.1, 0.15) is 0 Å². The summed E-state index contributed by atoms with van der Waals surface area (Å²) in [6.45, 7) is 4.06. The molecule has 0 aliphatic carbocycles. The van der Waals surface area contributed by atoms with Gasteiger partial charge in [-0.05, 0) is 25.0 Å². The third kappa shape index (κ3) is 2.82. The van der Waals surface area contributed by atoms with Crippen LogP contribution < -0.4 is 0 Å². The fourth-order valence-corrected chi connectivity index (χ4v) is 1.82. The van der Waals surface area contributed by atoms with Crippen LogP contribution in [-0.4, -0.2) is 5.78 Å². The fourth-order valence-electron chi connectivity index (χ4n) is 1.82. The normalized spacial score (nSPS) is 10.2. The van der Waals surface area contributed by atoms with E-state index in [1.165, 1.54) is 11.1 Å². The highest BCUT2D eigenvalue weighted by molar-refractivity contribution is 5.97. The van der Waals surface area contributed by atoms with E-state index in [0.717, 1.165) is 11.1 Å². The van der Waals surface area contributed by atoms with Crippen molar-refractivity contribution >= 4 is 5.78 Å². The summed E-state index contributed by atoms with van der Waals surface area (Å²) in [4.78, 5) is 12.1. The quantitative estimate of drug-likeness (QED) is 0.726. The lowest BCUT2D eigenvalue weighted by atomic mass is 9.99. The first-order valence-corrected chi connectivity index (χ1v) is 5.81. The van der Waals surface area contributed by atoms with E-state index in [1.807, 2.05) is 62.4 Å². The Labute approximate surface area is 102 Å². The van der Waals surface area contributed by atoms with Gasteiger partial charge in [-0.1, -0.05) is 54.1 Å². The summed E-state index contributed by atoms with van der Waals surface area (Å²) in [6.07, 6.45) is 0.482. The largest absolute Gasteiger partial charge is 0.294 e. The molecule has 0 atom stereocenters. The molecular formula is C16H16O. The molecule has 0 heterocycles. The first-order chi connectivity index (χ1) is 8.16. The van der Waals surface area contributed by atoms with Gasteiger partial charge in [0.2, 0.25) is 0 Å². The minimum absolute atomic E-state index is 0.180. The molecule has 1 heteroatoms. The molecule has 2 aromatic carbocycles. The predicted octanol–water partition coefficient (Wildman–Crippen LogP) is 3.73. The van der Waals surface area contributed by atoms with E-state index in [0.29, 0.717) is 6.42 Å². The highest BCUT2D eigenvalue weighted by atomic mass is 16.1. The van der Waals surface area contributed by atoms with Crippen LogP contribution in [0, 0.1) is 13.8 Å². The minimum Gasteiger partial charge on any atom is -0.294 e. The molecule has 0 spiro atoms. The molecule has 0 unspecified atom stereocenters. The number of hydrogen-bond donors (Lipinski definition) is 0. The monoisotopic (exact) mass is 224 g/mol. The zero-order chi connectivity index (χ0) is 12.3. The van der Waals surface area contributed by atoms with Crippen molar-refractivity contribution in [2.75, 3.05) is 0 Å². The Kier molecular flexibility index (Phi) is 3.38. The second-order valence-electron chi connectivity index (χ2n) is 4.39. The first-order valence-electron chi connectivity index (χ1n) is 5.81. The molecule has 0 aromatic heterocycles. The van der Waals surface area contributed by atoms with Gasteiger partial charge >= 0.3 is 0 Å². The summed E-state index contributed by atoms with van der Waals surface area (Å²) in [7, 11) is 0. The average molecular weight is 224 g/mol. The molecule has 0 fully saturated rings. The van der Waals surface area contributed by atoms with Crippen LogP contribution in [0.25, 0.3) is 0 Å². The van der Waals surface area contributed by atoms with E-state index in [4.69, 9.17) is 0 Å². The van der Waals surface area contributed by atoms with Gasteiger partial charge in [0.15, 0.2) is 5.78 Å². The van der Waals surface area contributed by atoms with Gasteiger partial charge in [0.25, 0.3) is 0 Å². The molecule has 2 aromatic rings. The lowest BCUT2D eigenvalue weighted by Gasteiger charge is -2.05. The Balaban J connectivity index is 2.17. The number of benzene rings is 2. The highest BCUT2D eigenvalue weighted by Gasteiger charge is 2.07. The third-order valence-electron chi connectivity index (χ3n) is 2.99. The number of hydrogen-bond acceptors (Lipinski definition) is 1. The molecule has 0 saturated heterocycles. The van der Waals surface area contributed by atoms with Crippen molar-refractivity contribution in [2.45, 2.75) is 20.3 Å². The summed E-state index contributed by atoms with van der Waals surface area (Å²) in [5.41, 5.74) is 4.25. The molecule has 1 nitrogen and oxygen atoms in total. The number of carbonyl (C=O) groups is 1. The number of rotatable bonds is 3. The van der Waals surface area contributed by atoms with Crippen LogP contribution in [-0.2, 0) is 6.42 Å². The molecule has 0 N–H and O–H groups in total. The van der Waals surface area contributed by atoms with Crippen molar-refractivity contribution in [3.05, 3.63) is 70.8 Å². The lowest BCUT2D eigenvalue weighted by Crippen LogP contribution is -2.04. The van der Waals surface area contributed by atoms with Crippen LogP contribution in [0.2, 0.25) is 0 Å². The van der Waals surface area contributed by atoms with Gasteiger partial charge in [-0.25, -0.2) is 0 Å². The van der Waals surface area contributed by atoms with Gasteiger partial charge < -0.3 is 0 Å². The van der Waals surface area contributed by atoms with Gasteiger partial charge in [-0.15, -0.1) is 0 Å². The number of aryl methyl sites for hydroxylation is 2. The maximum absolute atomic E-state index is 12.1. The third-order valence-corrected chi connectivity index (χ3v) is 2.99. The van der Waals surface area contributed by atoms with E-state index in [9.17, 15) is 4.79 Å². The summed E-state index contributed by atoms with van der Waals surface area (Å²) in [5.74, 6) is 0.180. The van der Waals surface area contributed by atoms with Crippen molar-refractivity contribution in [1.29, 1.82) is 0 Å². The topological polar surface area (TPSA) is 17.1 Å². The van der Waals surface area contributed by atoms with Crippen molar-refractivity contribution < 1.29 is 4.79 Å². The molecular weight excluding hydrogens is 208 g/mol. The van der Waals surface area contributed by atoms with Crippen LogP contribution in [0.5, 0.6) is 0 Å². The Morgan fingerprint density at radius 3 is 2.24 bits per heavy atom. The summed E-state index contributed by atoms with van der Waals surface area (Å²) in [5, 5.41) is 0. The Morgan fingerprint density at radius 1 is 0.941 bits per heavy atom. The fraction of sp³-hybridized carbons (Fsp3) is 0.188. The molecule has 0 bridgehead atoms. The van der Waals surface area contributed by atoms with Crippen molar-refractivity contribution in [2.24, 2.45) is 0 Å². The molecule has 0 radical (unpaired) electrons. The van der Waals surface area contributed by atoms with E-state index < -0.39 is 0 Å². The van der Waals surface area contributed by atoms with Crippen molar-refractivity contribution in [3.63, 3.8) is 0 Å². The first kappa shape index (κ1) is 11.6. The number of Topliss-reactive ketones (excluding diaryl/α,β-unsaturated/α-hetero) is 1. The molecule has 86 valence electrons. The second-order valence-corrected chi connectivity index (χ2v) is 4.39. The molecule has 0 saturated carbocycles. The van der Waals surface area contributed by atoms with Crippen molar-refractivity contribution in [1.82, 2.24) is 0 Å². The zero-order valence-corrected chi connectivity index (χ0v) is 10.2. The second kappa shape index (κ2) is 4.96.